The average Bonchev–Trinajstić information content (AvgIpc) is 2.75. The first-order valence-corrected chi connectivity index (χ1v) is 7.39. The Bertz CT molecular complexity index is 678. The van der Waals surface area contributed by atoms with Crippen LogP contribution in [0.25, 0.3) is 10.9 Å². The van der Waals surface area contributed by atoms with Gasteiger partial charge in [-0.3, -0.25) is 4.79 Å². The molecule has 1 unspecified atom stereocenters. The summed E-state index contributed by atoms with van der Waals surface area (Å²) in [5, 5.41) is 1.36. The predicted octanol–water partition coefficient (Wildman–Crippen LogP) is 4.04. The highest BCUT2D eigenvalue weighted by Gasteiger charge is 2.19. The summed E-state index contributed by atoms with van der Waals surface area (Å²) < 4.78 is 2.21. The van der Waals surface area contributed by atoms with Gasteiger partial charge in [-0.1, -0.05) is 23.8 Å². The fourth-order valence-corrected chi connectivity index (χ4v) is 3.31. The van der Waals surface area contributed by atoms with E-state index in [1.54, 1.807) is 0 Å². The number of hydrogen-bond donors (Lipinski definition) is 0. The fourth-order valence-electron chi connectivity index (χ4n) is 3.31. The van der Waals surface area contributed by atoms with Crippen LogP contribution in [0.3, 0.4) is 0 Å². The SMILES string of the molecule is CC1=CC(=O)CCC1CCc1cn(C)c2ccccc12. The van der Waals surface area contributed by atoms with E-state index < -0.39 is 0 Å². The van der Waals surface area contributed by atoms with Crippen LogP contribution >= 0.6 is 0 Å². The molecule has 1 aromatic carbocycles. The molecule has 104 valence electrons. The summed E-state index contributed by atoms with van der Waals surface area (Å²) in [5.74, 6) is 0.871. The van der Waals surface area contributed by atoms with Crippen LogP contribution in [-0.4, -0.2) is 10.4 Å². The topological polar surface area (TPSA) is 22.0 Å². The molecule has 0 N–H and O–H groups in total. The maximum absolute atomic E-state index is 11.4. The van der Waals surface area contributed by atoms with Crippen molar-refractivity contribution in [3.05, 3.63) is 47.7 Å². The van der Waals surface area contributed by atoms with Crippen molar-refractivity contribution in [3.63, 3.8) is 0 Å². The Balaban J connectivity index is 1.78. The number of fused-ring (bicyclic) bond motifs is 1. The second-order valence-electron chi connectivity index (χ2n) is 5.91. The van der Waals surface area contributed by atoms with Crippen LogP contribution in [0, 0.1) is 5.92 Å². The van der Waals surface area contributed by atoms with E-state index >= 15 is 0 Å². The van der Waals surface area contributed by atoms with Gasteiger partial charge in [-0.25, -0.2) is 0 Å². The minimum absolute atomic E-state index is 0.295. The first-order chi connectivity index (χ1) is 9.65. The van der Waals surface area contributed by atoms with Gasteiger partial charge in [0.15, 0.2) is 5.78 Å². The zero-order valence-electron chi connectivity index (χ0n) is 12.2. The van der Waals surface area contributed by atoms with Gasteiger partial charge in [0, 0.05) is 30.6 Å². The first kappa shape index (κ1) is 13.2. The number of nitrogens with zero attached hydrogens (tertiary/aromatic N) is 1. The van der Waals surface area contributed by atoms with Crippen molar-refractivity contribution in [1.82, 2.24) is 4.57 Å². The maximum atomic E-state index is 11.4. The number of hydrogen-bond acceptors (Lipinski definition) is 1. The Kier molecular flexibility index (Phi) is 3.47. The number of rotatable bonds is 3. The van der Waals surface area contributed by atoms with E-state index in [0.717, 1.165) is 25.7 Å². The Hall–Kier alpha value is -1.83. The molecule has 2 nitrogen and oxygen atoms in total. The number of benzene rings is 1. The molecule has 0 bridgehead atoms. The van der Waals surface area contributed by atoms with Gasteiger partial charge in [-0.15, -0.1) is 0 Å². The Labute approximate surface area is 120 Å². The molecule has 2 heteroatoms. The highest BCUT2D eigenvalue weighted by Crippen LogP contribution is 2.29. The minimum atomic E-state index is 0.295. The summed E-state index contributed by atoms with van der Waals surface area (Å²) >= 11 is 0. The molecule has 0 amide bonds. The molecule has 1 atom stereocenters. The average molecular weight is 267 g/mol. The molecule has 1 aromatic heterocycles. The minimum Gasteiger partial charge on any atom is -0.350 e. The van der Waals surface area contributed by atoms with Crippen LogP contribution in [0.15, 0.2) is 42.1 Å². The second kappa shape index (κ2) is 5.28. The van der Waals surface area contributed by atoms with E-state index in [-0.39, 0.29) is 0 Å². The van der Waals surface area contributed by atoms with Crippen molar-refractivity contribution in [2.75, 3.05) is 0 Å². The van der Waals surface area contributed by atoms with E-state index in [1.165, 1.54) is 22.0 Å². The van der Waals surface area contributed by atoms with E-state index in [2.05, 4.69) is 49.0 Å². The normalized spacial score (nSPS) is 19.4. The smallest absolute Gasteiger partial charge is 0.155 e. The third-order valence-corrected chi connectivity index (χ3v) is 4.51. The van der Waals surface area contributed by atoms with Crippen molar-refractivity contribution < 1.29 is 4.79 Å². The highest BCUT2D eigenvalue weighted by molar-refractivity contribution is 5.91. The summed E-state index contributed by atoms with van der Waals surface area (Å²) in [4.78, 5) is 11.4. The molecule has 20 heavy (non-hydrogen) atoms. The number of aromatic nitrogens is 1. The molecule has 0 spiro atoms. The standard InChI is InChI=1S/C18H21NO/c1-13-11-16(20)10-9-14(13)7-8-15-12-19(2)18-6-4-3-5-17(15)18/h3-6,11-12,14H,7-10H2,1-2H3. The van der Waals surface area contributed by atoms with Crippen molar-refractivity contribution in [2.24, 2.45) is 13.0 Å². The van der Waals surface area contributed by atoms with Gasteiger partial charge in [-0.05, 0) is 49.8 Å². The molecule has 3 rings (SSSR count). The molecule has 0 saturated heterocycles. The number of carbonyl (C=O) groups excluding carboxylic acids is 1. The van der Waals surface area contributed by atoms with Crippen LogP contribution in [0.5, 0.6) is 0 Å². The molecule has 0 radical (unpaired) electrons. The molecule has 1 aliphatic carbocycles. The van der Waals surface area contributed by atoms with Crippen LogP contribution in [-0.2, 0) is 18.3 Å². The molecule has 2 aromatic rings. The molecule has 0 fully saturated rings. The lowest BCUT2D eigenvalue weighted by molar-refractivity contribution is -0.115. The van der Waals surface area contributed by atoms with Crippen molar-refractivity contribution in [2.45, 2.75) is 32.6 Å². The van der Waals surface area contributed by atoms with Gasteiger partial charge in [-0.2, -0.15) is 0 Å². The van der Waals surface area contributed by atoms with E-state index in [9.17, 15) is 4.79 Å². The van der Waals surface area contributed by atoms with Gasteiger partial charge < -0.3 is 4.57 Å². The van der Waals surface area contributed by atoms with E-state index in [1.807, 2.05) is 6.08 Å². The monoisotopic (exact) mass is 267 g/mol. The van der Waals surface area contributed by atoms with Gasteiger partial charge >= 0.3 is 0 Å². The van der Waals surface area contributed by atoms with Gasteiger partial charge in [0.05, 0.1) is 0 Å². The summed E-state index contributed by atoms with van der Waals surface area (Å²) in [6.07, 6.45) is 8.06. The lowest BCUT2D eigenvalue weighted by atomic mass is 9.84. The predicted molar refractivity (Wildman–Crippen MR) is 82.7 cm³/mol. The Morgan fingerprint density at radius 1 is 1.30 bits per heavy atom. The molecular weight excluding hydrogens is 246 g/mol. The van der Waals surface area contributed by atoms with Crippen molar-refractivity contribution in [3.8, 4) is 0 Å². The van der Waals surface area contributed by atoms with Crippen molar-refractivity contribution in [1.29, 1.82) is 0 Å². The number of aryl methyl sites for hydroxylation is 2. The molecule has 0 saturated carbocycles. The van der Waals surface area contributed by atoms with Crippen LogP contribution in [0.1, 0.15) is 31.7 Å². The molecule has 1 heterocycles. The van der Waals surface area contributed by atoms with Crippen LogP contribution < -0.4 is 0 Å². The summed E-state index contributed by atoms with van der Waals surface area (Å²) in [5.41, 5.74) is 3.99. The second-order valence-corrected chi connectivity index (χ2v) is 5.91. The van der Waals surface area contributed by atoms with Gasteiger partial charge in [0.1, 0.15) is 0 Å². The third kappa shape index (κ3) is 2.43. The zero-order valence-corrected chi connectivity index (χ0v) is 12.2. The van der Waals surface area contributed by atoms with E-state index in [0.29, 0.717) is 11.7 Å². The zero-order chi connectivity index (χ0) is 14.1. The van der Waals surface area contributed by atoms with E-state index in [4.69, 9.17) is 0 Å². The molecule has 0 aliphatic heterocycles. The highest BCUT2D eigenvalue weighted by atomic mass is 16.1. The van der Waals surface area contributed by atoms with Gasteiger partial charge in [0.25, 0.3) is 0 Å². The quantitative estimate of drug-likeness (QED) is 0.822. The summed E-state index contributed by atoms with van der Waals surface area (Å²) in [7, 11) is 2.11. The lowest BCUT2D eigenvalue weighted by Gasteiger charge is -2.20. The van der Waals surface area contributed by atoms with Crippen LogP contribution in [0.4, 0.5) is 0 Å². The molecular formula is C18H21NO. The van der Waals surface area contributed by atoms with Crippen molar-refractivity contribution >= 4 is 16.7 Å². The first-order valence-electron chi connectivity index (χ1n) is 7.39. The Morgan fingerprint density at radius 2 is 2.10 bits per heavy atom. The maximum Gasteiger partial charge on any atom is 0.155 e. The fraction of sp³-hybridized carbons (Fsp3) is 0.389. The third-order valence-electron chi connectivity index (χ3n) is 4.51. The largest absolute Gasteiger partial charge is 0.350 e. The number of carbonyl (C=O) groups is 1. The number of ketones is 1. The van der Waals surface area contributed by atoms with Gasteiger partial charge in [0.2, 0.25) is 0 Å². The van der Waals surface area contributed by atoms with Crippen LogP contribution in [0.2, 0.25) is 0 Å². The summed E-state index contributed by atoms with van der Waals surface area (Å²) in [6, 6.07) is 8.57. The summed E-state index contributed by atoms with van der Waals surface area (Å²) in [6.45, 7) is 2.10. The number of allylic oxidation sites excluding steroid dienone is 2. The molecule has 1 aliphatic rings. The number of para-hydroxylation sites is 1. The Morgan fingerprint density at radius 3 is 2.90 bits per heavy atom. The lowest BCUT2D eigenvalue weighted by Crippen LogP contribution is -2.13.